The van der Waals surface area contributed by atoms with Crippen molar-refractivity contribution in [3.8, 4) is 0 Å². The van der Waals surface area contributed by atoms with E-state index in [4.69, 9.17) is 10.6 Å². The molecule has 0 spiro atoms. The van der Waals surface area contributed by atoms with Crippen LogP contribution in [0.3, 0.4) is 0 Å². The number of β-lactam (4-membered cyclic amide) rings is 1. The summed E-state index contributed by atoms with van der Waals surface area (Å²) in [6, 6.07) is 2.64. The summed E-state index contributed by atoms with van der Waals surface area (Å²) in [4.78, 5) is 78.0. The standard InChI is InChI=1S/C33H34N10O7S3/c1-17-38-39-33(53-17)36-23(44)14-41-9-4-5-18(12-41)13-42-10-8-19(28(42)46)11-20-15-51-30-25(29(47)43(30)26(20)31(48)49)37-27(45)24(22-16-52-32(34)35-22)40-50-21-6-2-3-7-21/h4-5,9,11-12,16,21,25,30H,2-3,6-8,10,13-15H2,1H3,(H4-,34,35,36,37,39,44,45,48,49)/p+1/t25-,30-/m1/s1. The smallest absolute Gasteiger partial charge is 0.352 e. The second-order valence-corrected chi connectivity index (χ2v) is 15.9. The van der Waals surface area contributed by atoms with E-state index in [2.05, 4.69) is 31.0 Å². The molecule has 0 aromatic carbocycles. The number of nitrogens with zero attached hydrogens (tertiary/aromatic N) is 7. The number of nitrogen functional groups attached to an aromatic ring is 1. The minimum atomic E-state index is -1.31. The number of hydrogen-bond donors (Lipinski definition) is 4. The summed E-state index contributed by atoms with van der Waals surface area (Å²) in [5.41, 5.74) is 7.24. The molecule has 2 atom stereocenters. The highest BCUT2D eigenvalue weighted by Gasteiger charge is 2.54. The Labute approximate surface area is 315 Å². The zero-order valence-electron chi connectivity index (χ0n) is 28.4. The zero-order valence-corrected chi connectivity index (χ0v) is 30.8. The van der Waals surface area contributed by atoms with Crippen molar-refractivity contribution in [3.63, 3.8) is 0 Å². The summed E-state index contributed by atoms with van der Waals surface area (Å²) in [7, 11) is 0. The Morgan fingerprint density at radius 3 is 2.75 bits per heavy atom. The average Bonchev–Trinajstić information content (AvgIpc) is 3.95. The number of carboxylic acids is 1. The Balaban J connectivity index is 1.00. The van der Waals surface area contributed by atoms with Crippen molar-refractivity contribution < 1.29 is 38.5 Å². The number of amides is 4. The number of thiazole rings is 1. The molecule has 53 heavy (non-hydrogen) atoms. The van der Waals surface area contributed by atoms with Crippen LogP contribution in [0.5, 0.6) is 0 Å². The van der Waals surface area contributed by atoms with Crippen LogP contribution in [-0.4, -0.2) is 95.2 Å². The number of anilines is 2. The molecule has 1 saturated carbocycles. The maximum absolute atomic E-state index is 13.5. The van der Waals surface area contributed by atoms with Gasteiger partial charge in [0.1, 0.15) is 33.9 Å². The molecule has 17 nitrogen and oxygen atoms in total. The van der Waals surface area contributed by atoms with Gasteiger partial charge in [-0.15, -0.1) is 33.3 Å². The van der Waals surface area contributed by atoms with Crippen molar-refractivity contribution in [1.29, 1.82) is 0 Å². The number of likely N-dealkylation sites (tertiary alicyclic amines) is 1. The van der Waals surface area contributed by atoms with Crippen LogP contribution in [-0.2, 0) is 41.9 Å². The normalized spacial score (nSPS) is 21.2. The minimum absolute atomic E-state index is 0.0423. The molecule has 20 heteroatoms. The summed E-state index contributed by atoms with van der Waals surface area (Å²) < 4.78 is 1.71. The first-order valence-electron chi connectivity index (χ1n) is 16.8. The molecular weight excluding hydrogens is 745 g/mol. The van der Waals surface area contributed by atoms with Gasteiger partial charge < -0.3 is 25.9 Å². The lowest BCUT2D eigenvalue weighted by Crippen LogP contribution is -2.71. The molecule has 4 amide bonds. The average molecular weight is 780 g/mol. The van der Waals surface area contributed by atoms with Crippen LogP contribution < -0.4 is 20.9 Å². The molecule has 4 aliphatic rings. The lowest BCUT2D eigenvalue weighted by Gasteiger charge is -2.49. The van der Waals surface area contributed by atoms with E-state index in [1.165, 1.54) is 23.1 Å². The van der Waals surface area contributed by atoms with E-state index in [1.807, 2.05) is 6.07 Å². The highest BCUT2D eigenvalue weighted by Crippen LogP contribution is 2.41. The molecule has 3 aromatic heterocycles. The maximum atomic E-state index is 13.5. The summed E-state index contributed by atoms with van der Waals surface area (Å²) >= 11 is 3.71. The predicted octanol–water partition coefficient (Wildman–Crippen LogP) is 1.57. The molecule has 3 aromatic rings. The molecule has 0 radical (unpaired) electrons. The van der Waals surface area contributed by atoms with Crippen molar-refractivity contribution in [2.24, 2.45) is 5.16 Å². The fourth-order valence-corrected chi connectivity index (χ4v) is 8.97. The third kappa shape index (κ3) is 7.93. The zero-order chi connectivity index (χ0) is 37.2. The molecule has 276 valence electrons. The Kier molecular flexibility index (Phi) is 10.5. The van der Waals surface area contributed by atoms with Gasteiger partial charge in [0.25, 0.3) is 17.7 Å². The van der Waals surface area contributed by atoms with Gasteiger partial charge in [0.05, 0.1) is 6.54 Å². The van der Waals surface area contributed by atoms with Crippen LogP contribution in [0.1, 0.15) is 48.4 Å². The number of pyridine rings is 1. The Hall–Kier alpha value is -5.21. The number of allylic oxidation sites excluding steroid dienone is 1. The van der Waals surface area contributed by atoms with Crippen LogP contribution in [0, 0.1) is 6.92 Å². The first-order valence-corrected chi connectivity index (χ1v) is 19.5. The third-order valence-electron chi connectivity index (χ3n) is 9.01. The molecule has 3 fully saturated rings. The van der Waals surface area contributed by atoms with E-state index in [1.54, 1.807) is 46.3 Å². The van der Waals surface area contributed by atoms with Gasteiger partial charge >= 0.3 is 5.97 Å². The van der Waals surface area contributed by atoms with Crippen LogP contribution >= 0.6 is 34.4 Å². The molecular formula is C33H35N10O7S3+. The number of aliphatic carboxylic acids is 1. The lowest BCUT2D eigenvalue weighted by molar-refractivity contribution is -0.684. The summed E-state index contributed by atoms with van der Waals surface area (Å²) in [6.45, 7) is 2.54. The van der Waals surface area contributed by atoms with Gasteiger partial charge in [0.15, 0.2) is 23.2 Å². The van der Waals surface area contributed by atoms with Gasteiger partial charge in [0, 0.05) is 34.9 Å². The number of carboxylic acid groups (broad SMARTS) is 1. The number of aromatic nitrogens is 4. The van der Waals surface area contributed by atoms with Gasteiger partial charge in [-0.3, -0.25) is 29.4 Å². The molecule has 5 N–H and O–H groups in total. The van der Waals surface area contributed by atoms with Crippen LogP contribution in [0.4, 0.5) is 10.3 Å². The van der Waals surface area contributed by atoms with Gasteiger partial charge in [-0.05, 0) is 56.7 Å². The number of aryl methyl sites for hydroxylation is 1. The molecule has 3 aliphatic heterocycles. The maximum Gasteiger partial charge on any atom is 0.352 e. The van der Waals surface area contributed by atoms with Gasteiger partial charge in [-0.2, -0.15) is 4.57 Å². The highest BCUT2D eigenvalue weighted by atomic mass is 32.2. The first kappa shape index (κ1) is 36.2. The molecule has 0 bridgehead atoms. The molecule has 1 aliphatic carbocycles. The van der Waals surface area contributed by atoms with Crippen LogP contribution in [0.15, 0.2) is 58.0 Å². The van der Waals surface area contributed by atoms with E-state index in [-0.39, 0.29) is 59.0 Å². The summed E-state index contributed by atoms with van der Waals surface area (Å²) in [5, 5.41) is 29.9. The third-order valence-corrected chi connectivity index (χ3v) is 11.7. The van der Waals surface area contributed by atoms with Crippen LogP contribution in [0.25, 0.3) is 0 Å². The van der Waals surface area contributed by atoms with Crippen LogP contribution in [0.2, 0.25) is 0 Å². The molecule has 0 unspecified atom stereocenters. The van der Waals surface area contributed by atoms with Gasteiger partial charge in [-0.25, -0.2) is 9.78 Å². The first-order chi connectivity index (χ1) is 25.5. The molecule has 7 rings (SSSR count). The summed E-state index contributed by atoms with van der Waals surface area (Å²) in [5.74, 6) is -2.91. The molecule has 6 heterocycles. The van der Waals surface area contributed by atoms with Crippen molar-refractivity contribution in [1.82, 2.24) is 30.3 Å². The Bertz CT molecular complexity index is 2070. The number of carbonyl (C=O) groups excluding carboxylic acids is 4. The van der Waals surface area contributed by atoms with Crippen molar-refractivity contribution >= 4 is 80.0 Å². The fourth-order valence-electron chi connectivity index (χ4n) is 6.51. The number of nitrogens with two attached hydrogens (primary N) is 1. The predicted molar refractivity (Wildman–Crippen MR) is 194 cm³/mol. The summed E-state index contributed by atoms with van der Waals surface area (Å²) in [6.07, 6.45) is 9.03. The Morgan fingerprint density at radius 2 is 2.04 bits per heavy atom. The van der Waals surface area contributed by atoms with E-state index in [9.17, 15) is 29.1 Å². The number of carbonyl (C=O) groups is 5. The largest absolute Gasteiger partial charge is 0.477 e. The SMILES string of the molecule is Cc1nnc(NC(=O)C[n+]2cccc(CN3CCC(=CC4=C(C(=O)O)N5C(=O)[C@@H](NC(=O)C(=NOC6CCCC6)c6csc(N)n6)[C@H]5SC4)C3=O)c2)s1. The second-order valence-electron chi connectivity index (χ2n) is 12.8. The van der Waals surface area contributed by atoms with E-state index < -0.39 is 29.2 Å². The number of hydrogen-bond acceptors (Lipinski definition) is 14. The van der Waals surface area contributed by atoms with Crippen molar-refractivity contribution in [2.75, 3.05) is 23.3 Å². The second kappa shape index (κ2) is 15.4. The number of fused-ring (bicyclic) bond motifs is 1. The van der Waals surface area contributed by atoms with Gasteiger partial charge in [-0.1, -0.05) is 16.5 Å². The number of oxime groups is 1. The van der Waals surface area contributed by atoms with E-state index in [0.29, 0.717) is 29.2 Å². The van der Waals surface area contributed by atoms with Crippen molar-refractivity contribution in [3.05, 3.63) is 69.1 Å². The number of rotatable bonds is 12. The van der Waals surface area contributed by atoms with E-state index in [0.717, 1.165) is 52.5 Å². The lowest BCUT2D eigenvalue weighted by atomic mass is 10.0. The Morgan fingerprint density at radius 1 is 1.23 bits per heavy atom. The fraction of sp³-hybridized carbons (Fsp3) is 0.394. The quantitative estimate of drug-likeness (QED) is 0.0676. The molecule has 2 saturated heterocycles. The topological polar surface area (TPSA) is 226 Å². The number of nitrogens with one attached hydrogen (secondary N) is 2. The minimum Gasteiger partial charge on any atom is -0.477 e. The number of thioether (sulfide) groups is 1. The van der Waals surface area contributed by atoms with Gasteiger partial charge in [0.2, 0.25) is 17.6 Å². The van der Waals surface area contributed by atoms with E-state index >= 15 is 0 Å². The van der Waals surface area contributed by atoms with Crippen molar-refractivity contribution in [2.45, 2.75) is 69.6 Å². The monoisotopic (exact) mass is 779 g/mol. The highest BCUT2D eigenvalue weighted by molar-refractivity contribution is 8.00.